The Balaban J connectivity index is 3.44. The minimum absolute atomic E-state index is 0.0414. The van der Waals surface area contributed by atoms with E-state index in [0.717, 1.165) is 6.20 Å². The van der Waals surface area contributed by atoms with E-state index in [9.17, 15) is 13.6 Å². The lowest BCUT2D eigenvalue weighted by Gasteiger charge is -2.10. The van der Waals surface area contributed by atoms with Gasteiger partial charge in [0.25, 0.3) is 6.43 Å². The van der Waals surface area contributed by atoms with Crippen molar-refractivity contribution in [1.82, 2.24) is 4.98 Å². The maximum absolute atomic E-state index is 12.6. The largest absolute Gasteiger partial charge is 0.481 e. The molecule has 1 aromatic rings. The Morgan fingerprint density at radius 3 is 2.71 bits per heavy atom. The molecule has 0 aliphatic heterocycles. The van der Waals surface area contributed by atoms with E-state index >= 15 is 0 Å². The van der Waals surface area contributed by atoms with Gasteiger partial charge in [-0.1, -0.05) is 0 Å². The van der Waals surface area contributed by atoms with Crippen LogP contribution >= 0.6 is 0 Å². The van der Waals surface area contributed by atoms with Crippen LogP contribution in [0.2, 0.25) is 0 Å². The maximum Gasteiger partial charge on any atom is 0.307 e. The lowest BCUT2D eigenvalue weighted by molar-refractivity contribution is -0.136. The van der Waals surface area contributed by atoms with Crippen molar-refractivity contribution in [1.29, 1.82) is 5.26 Å². The van der Waals surface area contributed by atoms with Gasteiger partial charge in [0.1, 0.15) is 6.07 Å². The molecule has 1 aromatic heterocycles. The van der Waals surface area contributed by atoms with Gasteiger partial charge in [-0.15, -0.1) is 0 Å². The number of halogens is 2. The first-order valence-corrected chi connectivity index (χ1v) is 4.62. The zero-order chi connectivity index (χ0) is 13.0. The van der Waals surface area contributed by atoms with Crippen LogP contribution in [0.1, 0.15) is 28.8 Å². The molecule has 1 heterocycles. The third-order valence-corrected chi connectivity index (χ3v) is 2.17. The number of rotatable bonds is 4. The average Bonchev–Trinajstić information content (AvgIpc) is 2.27. The third-order valence-electron chi connectivity index (χ3n) is 2.17. The van der Waals surface area contributed by atoms with Gasteiger partial charge in [-0.25, -0.2) is 8.78 Å². The summed E-state index contributed by atoms with van der Waals surface area (Å²) in [5.41, 5.74) is 4.51. The van der Waals surface area contributed by atoms with E-state index in [4.69, 9.17) is 16.1 Å². The molecule has 0 atom stereocenters. The van der Waals surface area contributed by atoms with Gasteiger partial charge in [-0.05, 0) is 0 Å². The van der Waals surface area contributed by atoms with E-state index < -0.39 is 24.4 Å². The topological polar surface area (TPSA) is 100 Å². The van der Waals surface area contributed by atoms with Crippen LogP contribution in [0.4, 0.5) is 8.78 Å². The molecule has 0 saturated heterocycles. The normalized spacial score (nSPS) is 10.3. The van der Waals surface area contributed by atoms with Gasteiger partial charge in [0.05, 0.1) is 23.2 Å². The van der Waals surface area contributed by atoms with Crippen LogP contribution in [-0.4, -0.2) is 16.1 Å². The second-order valence-electron chi connectivity index (χ2n) is 3.20. The van der Waals surface area contributed by atoms with Crippen molar-refractivity contribution in [2.24, 2.45) is 5.73 Å². The van der Waals surface area contributed by atoms with Crippen molar-refractivity contribution in [2.75, 3.05) is 0 Å². The summed E-state index contributed by atoms with van der Waals surface area (Å²) >= 11 is 0. The first-order chi connectivity index (χ1) is 8.01. The van der Waals surface area contributed by atoms with Crippen LogP contribution in [0, 0.1) is 11.3 Å². The van der Waals surface area contributed by atoms with Crippen LogP contribution in [0.3, 0.4) is 0 Å². The van der Waals surface area contributed by atoms with E-state index in [1.807, 2.05) is 0 Å². The number of carboxylic acid groups (broad SMARTS) is 1. The quantitative estimate of drug-likeness (QED) is 0.818. The Morgan fingerprint density at radius 1 is 1.65 bits per heavy atom. The molecule has 0 amide bonds. The van der Waals surface area contributed by atoms with Crippen molar-refractivity contribution in [3.8, 4) is 6.07 Å². The molecule has 0 unspecified atom stereocenters. The molecule has 0 saturated carbocycles. The molecule has 0 spiro atoms. The smallest absolute Gasteiger partial charge is 0.307 e. The molecule has 5 nitrogen and oxygen atoms in total. The number of aromatic nitrogens is 1. The van der Waals surface area contributed by atoms with Crippen LogP contribution in [0.25, 0.3) is 0 Å². The van der Waals surface area contributed by atoms with Crippen LogP contribution in [0.5, 0.6) is 0 Å². The molecule has 0 fully saturated rings. The molecule has 3 N–H and O–H groups in total. The van der Waals surface area contributed by atoms with E-state index in [1.165, 1.54) is 0 Å². The van der Waals surface area contributed by atoms with Gasteiger partial charge < -0.3 is 10.8 Å². The fraction of sp³-hybridized carbons (Fsp3) is 0.300. The molecule has 90 valence electrons. The number of hydrogen-bond donors (Lipinski definition) is 2. The Bertz CT molecular complexity index is 483. The van der Waals surface area contributed by atoms with Gasteiger partial charge in [0.2, 0.25) is 0 Å². The number of pyridine rings is 1. The molecule has 0 aliphatic rings. The Labute approximate surface area is 95.5 Å². The molecule has 0 bridgehead atoms. The van der Waals surface area contributed by atoms with Crippen molar-refractivity contribution < 1.29 is 18.7 Å². The summed E-state index contributed by atoms with van der Waals surface area (Å²) in [5.74, 6) is -1.23. The van der Waals surface area contributed by atoms with Gasteiger partial charge in [0, 0.05) is 18.3 Å². The van der Waals surface area contributed by atoms with E-state index in [2.05, 4.69) is 4.98 Å². The number of hydrogen-bond acceptors (Lipinski definition) is 4. The van der Waals surface area contributed by atoms with Gasteiger partial charge >= 0.3 is 5.97 Å². The second-order valence-corrected chi connectivity index (χ2v) is 3.20. The first-order valence-electron chi connectivity index (χ1n) is 4.62. The fourth-order valence-electron chi connectivity index (χ4n) is 1.42. The van der Waals surface area contributed by atoms with Gasteiger partial charge in [-0.2, -0.15) is 5.26 Å². The maximum atomic E-state index is 12.6. The predicted octanol–water partition coefficient (Wildman–Crippen LogP) is 0.977. The monoisotopic (exact) mass is 241 g/mol. The van der Waals surface area contributed by atoms with Crippen molar-refractivity contribution in [3.63, 3.8) is 0 Å². The number of alkyl halides is 2. The van der Waals surface area contributed by atoms with Gasteiger partial charge in [0.15, 0.2) is 0 Å². The number of nitrogens with zero attached hydrogens (tertiary/aromatic N) is 2. The summed E-state index contributed by atoms with van der Waals surface area (Å²) in [6.07, 6.45) is -2.57. The molecule has 0 aliphatic carbocycles. The van der Waals surface area contributed by atoms with Crippen LogP contribution in [0.15, 0.2) is 6.20 Å². The summed E-state index contributed by atoms with van der Waals surface area (Å²) < 4.78 is 25.2. The van der Waals surface area contributed by atoms with E-state index in [0.29, 0.717) is 0 Å². The lowest BCUT2D eigenvalue weighted by Crippen LogP contribution is -2.13. The third kappa shape index (κ3) is 2.73. The molecule has 1 rings (SSSR count). The standard InChI is InChI=1S/C10H9F2N3O2/c11-10(12)7-4-15-8(3-14)5(1-9(16)17)6(7)2-13/h4,10H,1,3,14H2,(H,16,17). The molecular formula is C10H9F2N3O2. The average molecular weight is 241 g/mol. The number of nitriles is 1. The number of nitrogens with two attached hydrogens (primary N) is 1. The zero-order valence-electron chi connectivity index (χ0n) is 8.65. The molecule has 0 radical (unpaired) electrons. The molecular weight excluding hydrogens is 232 g/mol. The highest BCUT2D eigenvalue weighted by Gasteiger charge is 2.21. The lowest BCUT2D eigenvalue weighted by atomic mass is 9.99. The minimum Gasteiger partial charge on any atom is -0.481 e. The van der Waals surface area contributed by atoms with E-state index in [1.54, 1.807) is 6.07 Å². The highest BCUT2D eigenvalue weighted by molar-refractivity contribution is 5.72. The zero-order valence-corrected chi connectivity index (χ0v) is 8.65. The number of carboxylic acids is 1. The highest BCUT2D eigenvalue weighted by Crippen LogP contribution is 2.26. The Kier molecular flexibility index (Phi) is 4.06. The second kappa shape index (κ2) is 5.32. The minimum atomic E-state index is -2.88. The number of aliphatic carboxylic acids is 1. The van der Waals surface area contributed by atoms with Crippen LogP contribution in [-0.2, 0) is 17.8 Å². The fourth-order valence-corrected chi connectivity index (χ4v) is 1.42. The molecule has 17 heavy (non-hydrogen) atoms. The molecule has 0 aromatic carbocycles. The van der Waals surface area contributed by atoms with Crippen LogP contribution < -0.4 is 5.73 Å². The molecule has 7 heteroatoms. The summed E-state index contributed by atoms with van der Waals surface area (Å²) in [7, 11) is 0. The SMILES string of the molecule is N#Cc1c(C(F)F)cnc(CN)c1CC(=O)O. The summed E-state index contributed by atoms with van der Waals surface area (Å²) in [4.78, 5) is 14.3. The van der Waals surface area contributed by atoms with E-state index in [-0.39, 0.29) is 23.4 Å². The highest BCUT2D eigenvalue weighted by atomic mass is 19.3. The summed E-state index contributed by atoms with van der Waals surface area (Å²) in [6, 6.07) is 1.59. The Morgan fingerprint density at radius 2 is 2.29 bits per heavy atom. The first kappa shape index (κ1) is 13.0. The Hall–Kier alpha value is -2.07. The predicted molar refractivity (Wildman–Crippen MR) is 53.1 cm³/mol. The number of carbonyl (C=O) groups is 1. The van der Waals surface area contributed by atoms with Crippen molar-refractivity contribution in [3.05, 3.63) is 28.6 Å². The van der Waals surface area contributed by atoms with Crippen molar-refractivity contribution >= 4 is 5.97 Å². The summed E-state index contributed by atoms with van der Waals surface area (Å²) in [6.45, 7) is -0.110. The van der Waals surface area contributed by atoms with Crippen molar-refractivity contribution in [2.45, 2.75) is 19.4 Å². The van der Waals surface area contributed by atoms with Gasteiger partial charge in [-0.3, -0.25) is 9.78 Å². The summed E-state index contributed by atoms with van der Waals surface area (Å²) in [5, 5.41) is 17.5.